The van der Waals surface area contributed by atoms with Crippen LogP contribution in [0.3, 0.4) is 0 Å². The van der Waals surface area contributed by atoms with E-state index in [1.807, 2.05) is 0 Å². The fraction of sp³-hybridized carbons (Fsp3) is 0.625. The second-order valence-electron chi connectivity index (χ2n) is 5.92. The Bertz CT molecular complexity index is 341. The maximum Gasteiger partial charge on any atom is 0.0699 e. The number of ether oxygens (including phenoxy) is 1. The van der Waals surface area contributed by atoms with Crippen LogP contribution in [-0.2, 0) is 11.2 Å². The molecule has 0 aromatic heterocycles. The van der Waals surface area contributed by atoms with Crippen molar-refractivity contribution >= 4 is 0 Å². The zero-order valence-corrected chi connectivity index (χ0v) is 11.6. The lowest BCUT2D eigenvalue weighted by atomic mass is 9.94. The Kier molecular flexibility index (Phi) is 4.79. The van der Waals surface area contributed by atoms with Gasteiger partial charge >= 0.3 is 0 Å². The monoisotopic (exact) mass is 247 g/mol. The third-order valence-electron chi connectivity index (χ3n) is 3.57. The zero-order valence-electron chi connectivity index (χ0n) is 11.6. The van der Waals surface area contributed by atoms with Gasteiger partial charge in [-0.1, -0.05) is 30.3 Å². The van der Waals surface area contributed by atoms with Gasteiger partial charge in [-0.25, -0.2) is 0 Å². The lowest BCUT2D eigenvalue weighted by Gasteiger charge is -2.31. The van der Waals surface area contributed by atoms with Crippen LogP contribution in [-0.4, -0.2) is 24.8 Å². The summed E-state index contributed by atoms with van der Waals surface area (Å²) in [6, 6.07) is 10.7. The van der Waals surface area contributed by atoms with Crippen molar-refractivity contribution < 1.29 is 4.74 Å². The van der Waals surface area contributed by atoms with E-state index in [9.17, 15) is 0 Å². The van der Waals surface area contributed by atoms with Crippen molar-refractivity contribution in [2.45, 2.75) is 51.2 Å². The zero-order chi connectivity index (χ0) is 12.8. The average Bonchev–Trinajstić information content (AvgIpc) is 2.38. The normalized spacial score (nSPS) is 20.9. The van der Waals surface area contributed by atoms with Crippen LogP contribution in [0.1, 0.15) is 38.7 Å². The second-order valence-corrected chi connectivity index (χ2v) is 5.92. The fourth-order valence-electron chi connectivity index (χ4n) is 2.53. The van der Waals surface area contributed by atoms with E-state index in [4.69, 9.17) is 4.74 Å². The van der Waals surface area contributed by atoms with Gasteiger partial charge in [0.2, 0.25) is 0 Å². The molecule has 0 radical (unpaired) electrons. The average molecular weight is 247 g/mol. The van der Waals surface area contributed by atoms with Crippen molar-refractivity contribution in [1.29, 1.82) is 0 Å². The molecule has 18 heavy (non-hydrogen) atoms. The van der Waals surface area contributed by atoms with Gasteiger partial charge < -0.3 is 10.1 Å². The minimum Gasteiger partial charge on any atom is -0.377 e. The van der Waals surface area contributed by atoms with Crippen molar-refractivity contribution in [1.82, 2.24) is 5.32 Å². The number of nitrogens with one attached hydrogen (secondary N) is 1. The Labute approximate surface area is 111 Å². The first kappa shape index (κ1) is 13.6. The largest absolute Gasteiger partial charge is 0.377 e. The fourth-order valence-corrected chi connectivity index (χ4v) is 2.53. The van der Waals surface area contributed by atoms with E-state index in [0.717, 1.165) is 19.6 Å². The van der Waals surface area contributed by atoms with Crippen molar-refractivity contribution in [2.75, 3.05) is 13.2 Å². The van der Waals surface area contributed by atoms with E-state index in [1.165, 1.54) is 24.8 Å². The summed E-state index contributed by atoms with van der Waals surface area (Å²) in [5, 5.41) is 3.65. The molecule has 0 bridgehead atoms. The van der Waals surface area contributed by atoms with Crippen LogP contribution in [0.15, 0.2) is 30.3 Å². The van der Waals surface area contributed by atoms with E-state index < -0.39 is 0 Å². The van der Waals surface area contributed by atoms with Crippen LogP contribution in [0.4, 0.5) is 0 Å². The van der Waals surface area contributed by atoms with Gasteiger partial charge in [-0.2, -0.15) is 0 Å². The van der Waals surface area contributed by atoms with Crippen LogP contribution in [0.25, 0.3) is 0 Å². The van der Waals surface area contributed by atoms with E-state index >= 15 is 0 Å². The molecule has 1 aromatic rings. The molecule has 2 rings (SSSR count). The summed E-state index contributed by atoms with van der Waals surface area (Å²) in [6.45, 7) is 6.44. The maximum atomic E-state index is 5.76. The molecule has 2 nitrogen and oxygen atoms in total. The topological polar surface area (TPSA) is 21.3 Å². The smallest absolute Gasteiger partial charge is 0.0699 e. The van der Waals surface area contributed by atoms with Gasteiger partial charge in [0.25, 0.3) is 0 Å². The summed E-state index contributed by atoms with van der Waals surface area (Å²) >= 11 is 0. The molecule has 2 heteroatoms. The van der Waals surface area contributed by atoms with E-state index in [0.29, 0.717) is 6.10 Å². The van der Waals surface area contributed by atoms with Crippen LogP contribution >= 0.6 is 0 Å². The predicted octanol–water partition coefficient (Wildman–Crippen LogP) is 3.17. The number of benzene rings is 1. The van der Waals surface area contributed by atoms with Crippen molar-refractivity contribution in [3.8, 4) is 0 Å². The number of hydrogen-bond donors (Lipinski definition) is 1. The third-order valence-corrected chi connectivity index (χ3v) is 3.57. The summed E-state index contributed by atoms with van der Waals surface area (Å²) in [4.78, 5) is 0. The summed E-state index contributed by atoms with van der Waals surface area (Å²) < 4.78 is 5.76. The number of hydrogen-bond acceptors (Lipinski definition) is 2. The first-order valence-electron chi connectivity index (χ1n) is 7.06. The molecule has 1 unspecified atom stereocenters. The van der Waals surface area contributed by atoms with Gasteiger partial charge in [0.1, 0.15) is 0 Å². The molecule has 0 spiro atoms. The Balaban J connectivity index is 1.79. The minimum absolute atomic E-state index is 0.127. The molecule has 0 aliphatic carbocycles. The van der Waals surface area contributed by atoms with E-state index in [1.54, 1.807) is 0 Å². The molecule has 1 atom stereocenters. The predicted molar refractivity (Wildman–Crippen MR) is 75.8 cm³/mol. The molecule has 100 valence electrons. The third kappa shape index (κ3) is 4.43. The first-order chi connectivity index (χ1) is 8.66. The van der Waals surface area contributed by atoms with Crippen LogP contribution in [0, 0.1) is 0 Å². The minimum atomic E-state index is 0.127. The first-order valence-corrected chi connectivity index (χ1v) is 7.06. The molecule has 1 N–H and O–H groups in total. The van der Waals surface area contributed by atoms with Crippen LogP contribution < -0.4 is 5.32 Å². The van der Waals surface area contributed by atoms with E-state index in [-0.39, 0.29) is 5.54 Å². The molecule has 1 aliphatic heterocycles. The van der Waals surface area contributed by atoms with Gasteiger partial charge in [-0.15, -0.1) is 0 Å². The molecule has 1 heterocycles. The van der Waals surface area contributed by atoms with Gasteiger partial charge in [-0.3, -0.25) is 0 Å². The van der Waals surface area contributed by atoms with E-state index in [2.05, 4.69) is 49.5 Å². The molecule has 0 saturated carbocycles. The van der Waals surface area contributed by atoms with Crippen LogP contribution in [0.2, 0.25) is 0 Å². The lowest BCUT2D eigenvalue weighted by Crippen LogP contribution is -2.46. The highest BCUT2D eigenvalue weighted by Crippen LogP contribution is 2.15. The molecule has 1 fully saturated rings. The summed E-state index contributed by atoms with van der Waals surface area (Å²) in [5.41, 5.74) is 1.52. The Hall–Kier alpha value is -0.860. The molecule has 1 aliphatic rings. The van der Waals surface area contributed by atoms with Gasteiger partial charge in [0.15, 0.2) is 0 Å². The lowest BCUT2D eigenvalue weighted by molar-refractivity contribution is 0.0130. The van der Waals surface area contributed by atoms with Crippen molar-refractivity contribution in [3.05, 3.63) is 35.9 Å². The highest BCUT2D eigenvalue weighted by atomic mass is 16.5. The molecular formula is C16H25NO. The van der Waals surface area contributed by atoms with Gasteiger partial charge in [0, 0.05) is 18.7 Å². The highest BCUT2D eigenvalue weighted by Gasteiger charge is 2.21. The number of rotatable bonds is 5. The van der Waals surface area contributed by atoms with Crippen molar-refractivity contribution in [2.24, 2.45) is 0 Å². The van der Waals surface area contributed by atoms with Crippen molar-refractivity contribution in [3.63, 3.8) is 0 Å². The molecule has 1 saturated heterocycles. The molecular weight excluding hydrogens is 222 g/mol. The summed E-state index contributed by atoms with van der Waals surface area (Å²) in [7, 11) is 0. The SMILES string of the molecule is CC(C)(Cc1ccccc1)NCC1CCCCO1. The van der Waals surface area contributed by atoms with Gasteiger partial charge in [-0.05, 0) is 45.1 Å². The second kappa shape index (κ2) is 6.35. The molecule has 0 amide bonds. The van der Waals surface area contributed by atoms with Crippen LogP contribution in [0.5, 0.6) is 0 Å². The quantitative estimate of drug-likeness (QED) is 0.863. The molecule has 1 aromatic carbocycles. The maximum absolute atomic E-state index is 5.76. The Morgan fingerprint density at radius 1 is 1.22 bits per heavy atom. The summed E-state index contributed by atoms with van der Waals surface area (Å²) in [5.74, 6) is 0. The standard InChI is InChI=1S/C16H25NO/c1-16(2,12-14-8-4-3-5-9-14)17-13-15-10-6-7-11-18-15/h3-5,8-9,15,17H,6-7,10-13H2,1-2H3. The summed E-state index contributed by atoms with van der Waals surface area (Å²) in [6.07, 6.45) is 5.21. The van der Waals surface area contributed by atoms with Gasteiger partial charge in [0.05, 0.1) is 6.10 Å². The Morgan fingerprint density at radius 3 is 2.67 bits per heavy atom. The Morgan fingerprint density at radius 2 is 2.00 bits per heavy atom. The highest BCUT2D eigenvalue weighted by molar-refractivity contribution is 5.17.